The molecule has 0 radical (unpaired) electrons. The molecular formula is C15H16N6OS. The van der Waals surface area contributed by atoms with E-state index in [2.05, 4.69) is 20.4 Å². The van der Waals surface area contributed by atoms with Crippen LogP contribution in [0.3, 0.4) is 0 Å². The Morgan fingerprint density at radius 1 is 1.26 bits per heavy atom. The van der Waals surface area contributed by atoms with E-state index in [9.17, 15) is 0 Å². The van der Waals surface area contributed by atoms with Crippen LogP contribution in [0.15, 0.2) is 33.8 Å². The van der Waals surface area contributed by atoms with E-state index in [4.69, 9.17) is 10.3 Å². The first-order valence-electron chi connectivity index (χ1n) is 7.43. The predicted octanol–water partition coefficient (Wildman–Crippen LogP) is 2.52. The van der Waals surface area contributed by atoms with E-state index in [0.29, 0.717) is 28.6 Å². The third-order valence-corrected chi connectivity index (χ3v) is 4.62. The van der Waals surface area contributed by atoms with Crippen LogP contribution in [-0.4, -0.2) is 25.1 Å². The highest BCUT2D eigenvalue weighted by molar-refractivity contribution is 7.98. The highest BCUT2D eigenvalue weighted by Gasteiger charge is 2.30. The Labute approximate surface area is 137 Å². The summed E-state index contributed by atoms with van der Waals surface area (Å²) in [5.74, 6) is 8.94. The number of rotatable bonds is 5. The highest BCUT2D eigenvalue weighted by atomic mass is 32.2. The third kappa shape index (κ3) is 2.94. The molecule has 7 nitrogen and oxygen atoms in total. The lowest BCUT2D eigenvalue weighted by atomic mass is 10.1. The van der Waals surface area contributed by atoms with Crippen LogP contribution >= 0.6 is 11.8 Å². The maximum Gasteiger partial charge on any atom is 0.247 e. The van der Waals surface area contributed by atoms with Crippen molar-refractivity contribution in [3.8, 4) is 11.5 Å². The minimum Gasteiger partial charge on any atom is -0.420 e. The lowest BCUT2D eigenvalue weighted by Crippen LogP contribution is -2.13. The molecule has 1 saturated carbocycles. The van der Waals surface area contributed by atoms with Gasteiger partial charge in [-0.1, -0.05) is 29.5 Å². The summed E-state index contributed by atoms with van der Waals surface area (Å²) in [4.78, 5) is 0. The molecule has 8 heteroatoms. The average molecular weight is 328 g/mol. The topological polar surface area (TPSA) is 95.7 Å². The van der Waals surface area contributed by atoms with Gasteiger partial charge in [0, 0.05) is 11.5 Å². The van der Waals surface area contributed by atoms with Gasteiger partial charge in [0.15, 0.2) is 5.82 Å². The zero-order chi connectivity index (χ0) is 15.8. The molecule has 2 heterocycles. The van der Waals surface area contributed by atoms with Gasteiger partial charge in [0.25, 0.3) is 0 Å². The number of hydrogen-bond acceptors (Lipinski definition) is 7. The molecule has 0 amide bonds. The first-order valence-corrected chi connectivity index (χ1v) is 8.42. The van der Waals surface area contributed by atoms with E-state index in [-0.39, 0.29) is 0 Å². The SMILES string of the molecule is Cc1cccc(-c2nnc(CSc3nnc(C4CC4)n3N)o2)c1. The Hall–Kier alpha value is -2.35. The van der Waals surface area contributed by atoms with Crippen LogP contribution in [-0.2, 0) is 5.75 Å². The van der Waals surface area contributed by atoms with Gasteiger partial charge >= 0.3 is 0 Å². The molecule has 0 unspecified atom stereocenters. The fourth-order valence-corrected chi connectivity index (χ4v) is 3.04. The van der Waals surface area contributed by atoms with Crippen molar-refractivity contribution in [1.82, 2.24) is 25.1 Å². The minimum absolute atomic E-state index is 0.471. The van der Waals surface area contributed by atoms with E-state index in [1.807, 2.05) is 31.2 Å². The van der Waals surface area contributed by atoms with Gasteiger partial charge in [0.1, 0.15) is 0 Å². The van der Waals surface area contributed by atoms with Crippen molar-refractivity contribution >= 4 is 11.8 Å². The number of aryl methyl sites for hydroxylation is 1. The maximum absolute atomic E-state index is 6.03. The summed E-state index contributed by atoms with van der Waals surface area (Å²) < 4.78 is 7.28. The summed E-state index contributed by atoms with van der Waals surface area (Å²) in [6.07, 6.45) is 2.28. The van der Waals surface area contributed by atoms with Gasteiger partial charge < -0.3 is 10.3 Å². The Morgan fingerprint density at radius 3 is 2.91 bits per heavy atom. The minimum atomic E-state index is 0.471. The van der Waals surface area contributed by atoms with Crippen molar-refractivity contribution in [2.75, 3.05) is 5.84 Å². The number of nitrogens with zero attached hydrogens (tertiary/aromatic N) is 5. The number of hydrogen-bond donors (Lipinski definition) is 1. The molecule has 1 aliphatic carbocycles. The second kappa shape index (κ2) is 5.69. The monoisotopic (exact) mass is 328 g/mol. The molecule has 1 aromatic carbocycles. The van der Waals surface area contributed by atoms with Crippen molar-refractivity contribution in [1.29, 1.82) is 0 Å². The predicted molar refractivity (Wildman–Crippen MR) is 86.2 cm³/mol. The van der Waals surface area contributed by atoms with Crippen LogP contribution in [0.25, 0.3) is 11.5 Å². The van der Waals surface area contributed by atoms with Crippen molar-refractivity contribution in [2.45, 2.75) is 36.6 Å². The van der Waals surface area contributed by atoms with Gasteiger partial charge in [-0.2, -0.15) is 0 Å². The zero-order valence-corrected chi connectivity index (χ0v) is 13.5. The van der Waals surface area contributed by atoms with E-state index >= 15 is 0 Å². The Kier molecular flexibility index (Phi) is 3.53. The van der Waals surface area contributed by atoms with Crippen LogP contribution in [0.5, 0.6) is 0 Å². The van der Waals surface area contributed by atoms with Crippen LogP contribution in [0.1, 0.15) is 36.0 Å². The molecule has 0 atom stereocenters. The largest absolute Gasteiger partial charge is 0.420 e. The Bertz CT molecular complexity index is 838. The van der Waals surface area contributed by atoms with Gasteiger partial charge in [0.2, 0.25) is 16.9 Å². The highest BCUT2D eigenvalue weighted by Crippen LogP contribution is 2.39. The van der Waals surface area contributed by atoms with E-state index in [1.54, 1.807) is 4.68 Å². The van der Waals surface area contributed by atoms with Crippen LogP contribution in [0.4, 0.5) is 0 Å². The van der Waals surface area contributed by atoms with Crippen molar-refractivity contribution in [3.63, 3.8) is 0 Å². The standard InChI is InChI=1S/C15H16N6OS/c1-9-3-2-4-11(7-9)14-19-17-12(22-14)8-23-15-20-18-13(21(15)16)10-5-6-10/h2-4,7,10H,5-6,8,16H2,1H3. The van der Waals surface area contributed by atoms with E-state index < -0.39 is 0 Å². The first-order chi connectivity index (χ1) is 11.2. The number of nitrogens with two attached hydrogens (primary N) is 1. The Morgan fingerprint density at radius 2 is 2.13 bits per heavy atom. The molecule has 1 fully saturated rings. The normalized spacial score (nSPS) is 14.3. The molecule has 0 saturated heterocycles. The summed E-state index contributed by atoms with van der Waals surface area (Å²) in [7, 11) is 0. The van der Waals surface area contributed by atoms with E-state index in [1.165, 1.54) is 11.8 Å². The fraction of sp³-hybridized carbons (Fsp3) is 0.333. The van der Waals surface area contributed by atoms with Gasteiger partial charge in [0.05, 0.1) is 5.75 Å². The van der Waals surface area contributed by atoms with Gasteiger partial charge in [-0.05, 0) is 31.9 Å². The third-order valence-electron chi connectivity index (χ3n) is 3.69. The van der Waals surface area contributed by atoms with Crippen molar-refractivity contribution < 1.29 is 4.42 Å². The molecule has 2 aromatic heterocycles. The number of thioether (sulfide) groups is 1. The zero-order valence-electron chi connectivity index (χ0n) is 12.6. The van der Waals surface area contributed by atoms with Crippen molar-refractivity contribution in [3.05, 3.63) is 41.5 Å². The van der Waals surface area contributed by atoms with Crippen molar-refractivity contribution in [2.24, 2.45) is 0 Å². The summed E-state index contributed by atoms with van der Waals surface area (Å²) in [6.45, 7) is 2.03. The maximum atomic E-state index is 6.03. The molecule has 0 spiro atoms. The van der Waals surface area contributed by atoms with E-state index in [0.717, 1.165) is 29.8 Å². The molecule has 118 valence electrons. The fourth-order valence-electron chi connectivity index (χ4n) is 2.34. The molecule has 23 heavy (non-hydrogen) atoms. The molecule has 1 aliphatic rings. The summed E-state index contributed by atoms with van der Waals surface area (Å²) in [5, 5.41) is 17.1. The Balaban J connectivity index is 1.46. The van der Waals surface area contributed by atoms with Crippen LogP contribution in [0.2, 0.25) is 0 Å². The van der Waals surface area contributed by atoms with Gasteiger partial charge in [-0.25, -0.2) is 4.68 Å². The van der Waals surface area contributed by atoms with Gasteiger partial charge in [-0.3, -0.25) is 0 Å². The average Bonchev–Trinajstić information content (AvgIpc) is 3.16. The second-order valence-electron chi connectivity index (χ2n) is 5.64. The van der Waals surface area contributed by atoms with Crippen LogP contribution < -0.4 is 5.84 Å². The summed E-state index contributed by atoms with van der Waals surface area (Å²) in [6, 6.07) is 7.97. The quantitative estimate of drug-likeness (QED) is 0.568. The molecule has 3 aromatic rings. The number of nitrogen functional groups attached to an aromatic ring is 1. The smallest absolute Gasteiger partial charge is 0.247 e. The lowest BCUT2D eigenvalue weighted by Gasteiger charge is -2.00. The summed E-state index contributed by atoms with van der Waals surface area (Å²) in [5.41, 5.74) is 2.08. The van der Waals surface area contributed by atoms with Crippen LogP contribution in [0, 0.1) is 6.92 Å². The second-order valence-corrected chi connectivity index (χ2v) is 6.59. The molecule has 0 aliphatic heterocycles. The molecule has 0 bridgehead atoms. The molecule has 2 N–H and O–H groups in total. The first kappa shape index (κ1) is 14.3. The van der Waals surface area contributed by atoms with Gasteiger partial charge in [-0.15, -0.1) is 20.4 Å². The molecular weight excluding hydrogens is 312 g/mol. The summed E-state index contributed by atoms with van der Waals surface area (Å²) >= 11 is 1.45. The lowest BCUT2D eigenvalue weighted by molar-refractivity contribution is 0.528. The molecule has 4 rings (SSSR count). The number of benzene rings is 1. The number of aromatic nitrogens is 5.